The summed E-state index contributed by atoms with van der Waals surface area (Å²) in [7, 11) is 0. The lowest BCUT2D eigenvalue weighted by molar-refractivity contribution is 0.626. The van der Waals surface area contributed by atoms with E-state index in [-0.39, 0.29) is 0 Å². The van der Waals surface area contributed by atoms with Crippen molar-refractivity contribution >= 4 is 0 Å². The van der Waals surface area contributed by atoms with Crippen molar-refractivity contribution in [2.45, 2.75) is 39.7 Å². The van der Waals surface area contributed by atoms with Crippen LogP contribution in [-0.4, -0.2) is 16.7 Å². The van der Waals surface area contributed by atoms with Crippen LogP contribution < -0.4 is 5.32 Å². The van der Waals surface area contributed by atoms with Gasteiger partial charge in [-0.3, -0.25) is 5.10 Å². The number of hydrogen-bond acceptors (Lipinski definition) is 3. The number of nitrogens with zero attached hydrogens (tertiary/aromatic N) is 2. The Hall–Kier alpha value is -1.34. The van der Waals surface area contributed by atoms with Gasteiger partial charge >= 0.3 is 0 Å². The summed E-state index contributed by atoms with van der Waals surface area (Å²) in [5.41, 5.74) is 3.46. The zero-order valence-electron chi connectivity index (χ0n) is 9.43. The number of aromatic nitrogens is 2. The predicted octanol–water partition coefficient (Wildman–Crippen LogP) is 1.81. The topological polar surface area (TPSA) is 64.5 Å². The van der Waals surface area contributed by atoms with Crippen LogP contribution >= 0.6 is 0 Å². The fourth-order valence-electron chi connectivity index (χ4n) is 1.50. The summed E-state index contributed by atoms with van der Waals surface area (Å²) in [6.07, 6.45) is 2.70. The third-order valence-electron chi connectivity index (χ3n) is 2.47. The average Bonchev–Trinajstić information content (AvgIpc) is 2.54. The highest BCUT2D eigenvalue weighted by molar-refractivity contribution is 5.22. The molecule has 15 heavy (non-hydrogen) atoms. The number of rotatable bonds is 6. The average molecular weight is 206 g/mol. The van der Waals surface area contributed by atoms with E-state index in [1.54, 1.807) is 0 Å². The first-order valence-electron chi connectivity index (χ1n) is 5.34. The van der Waals surface area contributed by atoms with Gasteiger partial charge in [0.25, 0.3) is 0 Å². The zero-order valence-corrected chi connectivity index (χ0v) is 9.43. The van der Waals surface area contributed by atoms with Crippen LogP contribution in [0.1, 0.15) is 36.2 Å². The molecule has 0 bridgehead atoms. The van der Waals surface area contributed by atoms with Crippen LogP contribution in [0.3, 0.4) is 0 Å². The minimum Gasteiger partial charge on any atom is -0.313 e. The molecular formula is C11H18N4. The molecule has 0 aromatic carbocycles. The normalized spacial score (nSPS) is 10.2. The standard InChI is InChI=1S/C11H18N4/c1-9-11(10(2)15-14-9)8-13-7-5-3-4-6-12/h13H,3-5,7-8H2,1-2H3,(H,14,15). The number of unbranched alkanes of at least 4 members (excludes halogenated alkanes) is 2. The number of nitriles is 1. The quantitative estimate of drug-likeness (QED) is 0.698. The first-order chi connectivity index (χ1) is 7.25. The van der Waals surface area contributed by atoms with Gasteiger partial charge in [0.05, 0.1) is 11.8 Å². The van der Waals surface area contributed by atoms with Gasteiger partial charge in [0.1, 0.15) is 0 Å². The molecule has 0 aliphatic carbocycles. The zero-order chi connectivity index (χ0) is 11.1. The molecule has 1 rings (SSSR count). The fourth-order valence-corrected chi connectivity index (χ4v) is 1.50. The SMILES string of the molecule is Cc1n[nH]c(C)c1CNCCCCC#N. The molecule has 0 saturated heterocycles. The minimum absolute atomic E-state index is 0.658. The van der Waals surface area contributed by atoms with Gasteiger partial charge in [-0.2, -0.15) is 10.4 Å². The first kappa shape index (κ1) is 11.7. The summed E-state index contributed by atoms with van der Waals surface area (Å²) >= 11 is 0. The van der Waals surface area contributed by atoms with Crippen LogP contribution in [0.15, 0.2) is 0 Å². The van der Waals surface area contributed by atoms with Crippen LogP contribution in [0.5, 0.6) is 0 Å². The van der Waals surface area contributed by atoms with Crippen LogP contribution in [0.2, 0.25) is 0 Å². The molecule has 0 radical (unpaired) electrons. The third kappa shape index (κ3) is 3.72. The monoisotopic (exact) mass is 206 g/mol. The summed E-state index contributed by atoms with van der Waals surface area (Å²) in [5, 5.41) is 18.8. The lowest BCUT2D eigenvalue weighted by atomic mass is 10.2. The highest BCUT2D eigenvalue weighted by atomic mass is 15.1. The van der Waals surface area contributed by atoms with Crippen LogP contribution in [0.25, 0.3) is 0 Å². The van der Waals surface area contributed by atoms with E-state index in [0.29, 0.717) is 6.42 Å². The smallest absolute Gasteiger partial charge is 0.0638 e. The van der Waals surface area contributed by atoms with Gasteiger partial charge in [-0.25, -0.2) is 0 Å². The van der Waals surface area contributed by atoms with Gasteiger partial charge in [-0.05, 0) is 33.2 Å². The lowest BCUT2D eigenvalue weighted by Crippen LogP contribution is -2.15. The maximum atomic E-state index is 8.36. The maximum absolute atomic E-state index is 8.36. The van der Waals surface area contributed by atoms with Crippen LogP contribution in [0.4, 0.5) is 0 Å². The second kappa shape index (κ2) is 6.20. The van der Waals surface area contributed by atoms with Crippen molar-refractivity contribution in [2.24, 2.45) is 0 Å². The molecule has 4 nitrogen and oxygen atoms in total. The van der Waals surface area contributed by atoms with E-state index in [1.807, 2.05) is 13.8 Å². The molecule has 0 saturated carbocycles. The van der Waals surface area contributed by atoms with Crippen molar-refractivity contribution in [3.05, 3.63) is 17.0 Å². The first-order valence-corrected chi connectivity index (χ1v) is 5.34. The Balaban J connectivity index is 2.18. The molecule has 0 aliphatic heterocycles. The van der Waals surface area contributed by atoms with Crippen molar-refractivity contribution < 1.29 is 0 Å². The van der Waals surface area contributed by atoms with Crippen molar-refractivity contribution in [2.75, 3.05) is 6.54 Å². The Kier molecular flexibility index (Phi) is 4.85. The summed E-state index contributed by atoms with van der Waals surface area (Å²) in [6.45, 7) is 5.87. The van der Waals surface area contributed by atoms with E-state index in [9.17, 15) is 0 Å². The summed E-state index contributed by atoms with van der Waals surface area (Å²) in [5.74, 6) is 0. The van der Waals surface area contributed by atoms with E-state index in [4.69, 9.17) is 5.26 Å². The molecule has 0 aliphatic rings. The van der Waals surface area contributed by atoms with Gasteiger partial charge < -0.3 is 5.32 Å². The Bertz CT molecular complexity index is 315. The van der Waals surface area contributed by atoms with Crippen molar-refractivity contribution in [1.29, 1.82) is 5.26 Å². The summed E-state index contributed by atoms with van der Waals surface area (Å²) in [6, 6.07) is 2.15. The largest absolute Gasteiger partial charge is 0.313 e. The predicted molar refractivity (Wildman–Crippen MR) is 59.2 cm³/mol. The molecule has 1 aromatic heterocycles. The van der Waals surface area contributed by atoms with Gasteiger partial charge in [-0.1, -0.05) is 0 Å². The molecule has 4 heteroatoms. The van der Waals surface area contributed by atoms with Crippen LogP contribution in [-0.2, 0) is 6.54 Å². The van der Waals surface area contributed by atoms with Crippen molar-refractivity contribution in [1.82, 2.24) is 15.5 Å². The summed E-state index contributed by atoms with van der Waals surface area (Å²) in [4.78, 5) is 0. The van der Waals surface area contributed by atoms with Gasteiger partial charge in [0.2, 0.25) is 0 Å². The number of nitrogens with one attached hydrogen (secondary N) is 2. The van der Waals surface area contributed by atoms with E-state index >= 15 is 0 Å². The second-order valence-electron chi connectivity index (χ2n) is 3.70. The van der Waals surface area contributed by atoms with Crippen LogP contribution in [0, 0.1) is 25.2 Å². The highest BCUT2D eigenvalue weighted by Gasteiger charge is 2.04. The molecule has 1 aromatic rings. The minimum atomic E-state index is 0.658. The molecule has 0 unspecified atom stereocenters. The Morgan fingerprint density at radius 1 is 1.40 bits per heavy atom. The van der Waals surface area contributed by atoms with E-state index in [1.165, 1.54) is 5.56 Å². The Morgan fingerprint density at radius 2 is 2.20 bits per heavy atom. The van der Waals surface area contributed by atoms with Gasteiger partial charge in [0.15, 0.2) is 0 Å². The van der Waals surface area contributed by atoms with Crippen molar-refractivity contribution in [3.63, 3.8) is 0 Å². The third-order valence-corrected chi connectivity index (χ3v) is 2.47. The van der Waals surface area contributed by atoms with Crippen molar-refractivity contribution in [3.8, 4) is 6.07 Å². The molecule has 0 amide bonds. The Labute approximate surface area is 90.7 Å². The molecule has 82 valence electrons. The second-order valence-corrected chi connectivity index (χ2v) is 3.70. The maximum Gasteiger partial charge on any atom is 0.0638 e. The van der Waals surface area contributed by atoms with E-state index in [0.717, 1.165) is 37.3 Å². The molecular weight excluding hydrogens is 188 g/mol. The molecule has 1 heterocycles. The van der Waals surface area contributed by atoms with E-state index in [2.05, 4.69) is 21.6 Å². The Morgan fingerprint density at radius 3 is 2.80 bits per heavy atom. The lowest BCUT2D eigenvalue weighted by Gasteiger charge is -2.03. The number of H-pyrrole nitrogens is 1. The highest BCUT2D eigenvalue weighted by Crippen LogP contribution is 2.08. The molecule has 0 atom stereocenters. The van der Waals surface area contributed by atoms with Gasteiger partial charge in [0, 0.05) is 24.2 Å². The van der Waals surface area contributed by atoms with Gasteiger partial charge in [-0.15, -0.1) is 0 Å². The molecule has 0 fully saturated rings. The summed E-state index contributed by atoms with van der Waals surface area (Å²) < 4.78 is 0. The molecule has 2 N–H and O–H groups in total. The number of aromatic amines is 1. The number of hydrogen-bond donors (Lipinski definition) is 2. The number of aryl methyl sites for hydroxylation is 2. The molecule has 0 spiro atoms. The fraction of sp³-hybridized carbons (Fsp3) is 0.636. The van der Waals surface area contributed by atoms with E-state index < -0.39 is 0 Å².